The van der Waals surface area contributed by atoms with E-state index in [1.54, 1.807) is 12.1 Å². The quantitative estimate of drug-likeness (QED) is 0.799. The van der Waals surface area contributed by atoms with Crippen molar-refractivity contribution in [3.05, 3.63) is 34.6 Å². The fraction of sp³-hybridized carbons (Fsp3) is 0.625. The average Bonchev–Trinajstić information content (AvgIpc) is 2.56. The third kappa shape index (κ3) is 3.93. The van der Waals surface area contributed by atoms with E-state index in [9.17, 15) is 4.39 Å². The summed E-state index contributed by atoms with van der Waals surface area (Å²) in [4.78, 5) is 0. The summed E-state index contributed by atoms with van der Waals surface area (Å²) >= 11 is 5.95. The van der Waals surface area contributed by atoms with Gasteiger partial charge in [0.15, 0.2) is 0 Å². The molecule has 2 rings (SSSR count). The minimum Gasteiger partial charge on any atom is -0.325 e. The minimum atomic E-state index is -0.268. The van der Waals surface area contributed by atoms with E-state index in [-0.39, 0.29) is 11.4 Å². The molecule has 1 aliphatic rings. The summed E-state index contributed by atoms with van der Waals surface area (Å²) in [7, 11) is 0. The van der Waals surface area contributed by atoms with Gasteiger partial charge in [-0.05, 0) is 55.4 Å². The maximum absolute atomic E-state index is 13.8. The monoisotopic (exact) mass is 283 g/mol. The second kappa shape index (κ2) is 6.23. The first-order valence-corrected chi connectivity index (χ1v) is 7.63. The molecule has 2 atom stereocenters. The van der Waals surface area contributed by atoms with Crippen molar-refractivity contribution in [2.24, 2.45) is 11.7 Å². The molecule has 1 aromatic rings. The topological polar surface area (TPSA) is 26.0 Å². The molecule has 106 valence electrons. The summed E-state index contributed by atoms with van der Waals surface area (Å²) in [6.07, 6.45) is 7.35. The molecule has 1 saturated carbocycles. The van der Waals surface area contributed by atoms with Crippen LogP contribution in [0.15, 0.2) is 18.2 Å². The van der Waals surface area contributed by atoms with Gasteiger partial charge in [0.25, 0.3) is 0 Å². The van der Waals surface area contributed by atoms with Crippen LogP contribution in [0.1, 0.15) is 51.0 Å². The van der Waals surface area contributed by atoms with Gasteiger partial charge in [0.05, 0.1) is 0 Å². The van der Waals surface area contributed by atoms with Crippen LogP contribution < -0.4 is 5.73 Å². The molecule has 0 aliphatic heterocycles. The van der Waals surface area contributed by atoms with Crippen molar-refractivity contribution < 1.29 is 4.39 Å². The number of nitrogens with two attached hydrogens (primary N) is 1. The lowest BCUT2D eigenvalue weighted by molar-refractivity contribution is 0.354. The lowest BCUT2D eigenvalue weighted by Crippen LogP contribution is -2.41. The van der Waals surface area contributed by atoms with Gasteiger partial charge in [-0.25, -0.2) is 4.39 Å². The van der Waals surface area contributed by atoms with Gasteiger partial charge in [-0.1, -0.05) is 37.8 Å². The van der Waals surface area contributed by atoms with E-state index >= 15 is 0 Å². The highest BCUT2D eigenvalue weighted by atomic mass is 35.5. The molecule has 0 saturated heterocycles. The first-order chi connectivity index (χ1) is 9.02. The number of benzene rings is 1. The van der Waals surface area contributed by atoms with Crippen molar-refractivity contribution in [1.29, 1.82) is 0 Å². The Balaban J connectivity index is 2.10. The van der Waals surface area contributed by atoms with Gasteiger partial charge < -0.3 is 5.73 Å². The number of hydrogen-bond acceptors (Lipinski definition) is 1. The van der Waals surface area contributed by atoms with Crippen LogP contribution in [0.3, 0.4) is 0 Å². The Hall–Kier alpha value is -0.600. The molecule has 2 N–H and O–H groups in total. The van der Waals surface area contributed by atoms with Gasteiger partial charge in [-0.3, -0.25) is 0 Å². The largest absolute Gasteiger partial charge is 0.325 e. The van der Waals surface area contributed by atoms with Crippen molar-refractivity contribution in [3.8, 4) is 0 Å². The van der Waals surface area contributed by atoms with Crippen molar-refractivity contribution in [2.75, 3.05) is 0 Å². The van der Waals surface area contributed by atoms with Crippen molar-refractivity contribution in [2.45, 2.75) is 57.4 Å². The van der Waals surface area contributed by atoms with Crippen molar-refractivity contribution >= 4 is 11.6 Å². The van der Waals surface area contributed by atoms with E-state index in [4.69, 9.17) is 17.3 Å². The first kappa shape index (κ1) is 14.8. The molecule has 2 unspecified atom stereocenters. The average molecular weight is 284 g/mol. The van der Waals surface area contributed by atoms with Gasteiger partial charge in [0.2, 0.25) is 0 Å². The zero-order chi connectivity index (χ0) is 13.9. The summed E-state index contributed by atoms with van der Waals surface area (Å²) in [6, 6.07) is 4.74. The summed E-state index contributed by atoms with van der Waals surface area (Å²) in [5, 5.41) is 0.583. The summed E-state index contributed by atoms with van der Waals surface area (Å²) in [5.74, 6) is 0.597. The van der Waals surface area contributed by atoms with Gasteiger partial charge in [-0.15, -0.1) is 0 Å². The smallest absolute Gasteiger partial charge is 0.126 e. The summed E-state index contributed by atoms with van der Waals surface area (Å²) in [5.41, 5.74) is 6.91. The van der Waals surface area contributed by atoms with E-state index in [1.165, 1.54) is 18.9 Å². The van der Waals surface area contributed by atoms with Crippen molar-refractivity contribution in [1.82, 2.24) is 0 Å². The van der Waals surface area contributed by atoms with Crippen molar-refractivity contribution in [3.63, 3.8) is 0 Å². The molecule has 0 heterocycles. The van der Waals surface area contributed by atoms with Crippen LogP contribution in [0.25, 0.3) is 0 Å². The maximum Gasteiger partial charge on any atom is 0.126 e. The third-order valence-corrected chi connectivity index (χ3v) is 4.70. The van der Waals surface area contributed by atoms with Gasteiger partial charge in [-0.2, -0.15) is 0 Å². The molecule has 0 bridgehead atoms. The molecule has 19 heavy (non-hydrogen) atoms. The molecule has 1 aliphatic carbocycles. The summed E-state index contributed by atoms with van der Waals surface area (Å²) < 4.78 is 13.8. The first-order valence-electron chi connectivity index (χ1n) is 7.25. The van der Waals surface area contributed by atoms with Crippen LogP contribution in [-0.4, -0.2) is 5.54 Å². The van der Waals surface area contributed by atoms with Crippen LogP contribution >= 0.6 is 11.6 Å². The predicted molar refractivity (Wildman–Crippen MR) is 78.9 cm³/mol. The number of halogens is 2. The highest BCUT2D eigenvalue weighted by Gasteiger charge is 2.29. The summed E-state index contributed by atoms with van der Waals surface area (Å²) in [6.45, 7) is 2.24. The second-order valence-corrected chi connectivity index (χ2v) is 6.42. The molecule has 0 aromatic heterocycles. The Morgan fingerprint density at radius 2 is 2.16 bits per heavy atom. The van der Waals surface area contributed by atoms with E-state index in [0.29, 0.717) is 17.0 Å². The number of hydrogen-bond donors (Lipinski definition) is 1. The van der Waals surface area contributed by atoms with E-state index in [0.717, 1.165) is 31.6 Å². The predicted octanol–water partition coefficient (Wildman–Crippen LogP) is 4.71. The Morgan fingerprint density at radius 1 is 1.37 bits per heavy atom. The zero-order valence-corrected chi connectivity index (χ0v) is 12.3. The fourth-order valence-corrected chi connectivity index (χ4v) is 3.34. The molecule has 1 fully saturated rings. The highest BCUT2D eigenvalue weighted by molar-refractivity contribution is 6.30. The molecular weight excluding hydrogens is 261 g/mol. The standard InChI is InChI=1S/C16H23ClFN/c1-2-12-4-3-8-16(19,9-7-12)11-13-10-14(17)5-6-15(13)18/h5-6,10,12H,2-4,7-9,11,19H2,1H3. The van der Waals surface area contributed by atoms with Gasteiger partial charge in [0, 0.05) is 10.6 Å². The maximum atomic E-state index is 13.8. The van der Waals surface area contributed by atoms with E-state index in [1.807, 2.05) is 0 Å². The van der Waals surface area contributed by atoms with Crippen LogP contribution in [0.2, 0.25) is 5.02 Å². The molecule has 0 amide bonds. The normalized spacial score (nSPS) is 28.1. The van der Waals surface area contributed by atoms with Crippen LogP contribution in [-0.2, 0) is 6.42 Å². The molecule has 0 radical (unpaired) electrons. The molecule has 0 spiro atoms. The Labute approximate surface area is 120 Å². The van der Waals surface area contributed by atoms with E-state index in [2.05, 4.69) is 6.92 Å². The molecule has 1 nitrogen and oxygen atoms in total. The molecule has 1 aromatic carbocycles. The third-order valence-electron chi connectivity index (χ3n) is 4.47. The molecule has 3 heteroatoms. The second-order valence-electron chi connectivity index (χ2n) is 5.98. The Morgan fingerprint density at radius 3 is 2.89 bits per heavy atom. The number of rotatable bonds is 3. The lowest BCUT2D eigenvalue weighted by atomic mass is 9.84. The Kier molecular flexibility index (Phi) is 4.86. The minimum absolute atomic E-state index is 0.189. The lowest BCUT2D eigenvalue weighted by Gasteiger charge is -2.28. The van der Waals surface area contributed by atoms with Gasteiger partial charge >= 0.3 is 0 Å². The van der Waals surface area contributed by atoms with Gasteiger partial charge in [0.1, 0.15) is 5.82 Å². The van der Waals surface area contributed by atoms with Crippen LogP contribution in [0.5, 0.6) is 0 Å². The molecular formula is C16H23ClFN. The van der Waals surface area contributed by atoms with Crippen LogP contribution in [0, 0.1) is 11.7 Å². The SMILES string of the molecule is CCC1CCCC(N)(Cc2cc(Cl)ccc2F)CC1. The van der Waals surface area contributed by atoms with Crippen LogP contribution in [0.4, 0.5) is 4.39 Å². The highest BCUT2D eigenvalue weighted by Crippen LogP contribution is 2.33. The Bertz CT molecular complexity index is 435. The zero-order valence-electron chi connectivity index (χ0n) is 11.6. The van der Waals surface area contributed by atoms with E-state index < -0.39 is 0 Å². The fourth-order valence-electron chi connectivity index (χ4n) is 3.15.